The van der Waals surface area contributed by atoms with Crippen molar-refractivity contribution < 1.29 is 17.6 Å². The molecule has 1 aromatic carbocycles. The van der Waals surface area contributed by atoms with Gasteiger partial charge >= 0.3 is 6.18 Å². The second kappa shape index (κ2) is 5.78. The van der Waals surface area contributed by atoms with Gasteiger partial charge in [0.2, 0.25) is 0 Å². The van der Waals surface area contributed by atoms with Crippen LogP contribution in [-0.2, 0) is 12.7 Å². The summed E-state index contributed by atoms with van der Waals surface area (Å²) >= 11 is 3.21. The van der Waals surface area contributed by atoms with Gasteiger partial charge < -0.3 is 5.32 Å². The van der Waals surface area contributed by atoms with Crippen molar-refractivity contribution in [1.82, 2.24) is 4.98 Å². The fraction of sp³-hybridized carbons (Fsp3) is 0.154. The van der Waals surface area contributed by atoms with Gasteiger partial charge in [-0.2, -0.15) is 13.2 Å². The fourth-order valence-corrected chi connectivity index (χ4v) is 2.02. The highest BCUT2D eigenvalue weighted by Gasteiger charge is 2.33. The molecule has 0 aliphatic heterocycles. The zero-order valence-electron chi connectivity index (χ0n) is 10.0. The van der Waals surface area contributed by atoms with E-state index in [1.165, 1.54) is 30.5 Å². The van der Waals surface area contributed by atoms with Gasteiger partial charge in [-0.15, -0.1) is 0 Å². The first-order valence-corrected chi connectivity index (χ1v) is 6.37. The number of halogens is 5. The van der Waals surface area contributed by atoms with Crippen LogP contribution in [0.3, 0.4) is 0 Å². The zero-order valence-corrected chi connectivity index (χ0v) is 11.6. The Morgan fingerprint density at radius 2 is 1.95 bits per heavy atom. The van der Waals surface area contributed by atoms with Crippen LogP contribution in [0, 0.1) is 5.82 Å². The van der Waals surface area contributed by atoms with Gasteiger partial charge in [-0.3, -0.25) is 0 Å². The Kier molecular flexibility index (Phi) is 4.27. The molecule has 1 N–H and O–H groups in total. The van der Waals surface area contributed by atoms with Crippen LogP contribution in [0.5, 0.6) is 0 Å². The van der Waals surface area contributed by atoms with Crippen LogP contribution in [0.2, 0.25) is 0 Å². The van der Waals surface area contributed by atoms with Crippen LogP contribution in [0.4, 0.5) is 23.4 Å². The molecule has 0 atom stereocenters. The van der Waals surface area contributed by atoms with E-state index in [9.17, 15) is 17.6 Å². The zero-order chi connectivity index (χ0) is 14.8. The fourth-order valence-electron chi connectivity index (χ4n) is 1.63. The molecule has 1 aromatic heterocycles. The normalized spacial score (nSPS) is 11.4. The minimum Gasteiger partial charge on any atom is -0.365 e. The first kappa shape index (κ1) is 14.8. The number of alkyl halides is 3. The molecule has 1 heterocycles. The Labute approximate surface area is 121 Å². The molecule has 2 nitrogen and oxygen atoms in total. The van der Waals surface area contributed by atoms with Gasteiger partial charge in [-0.25, -0.2) is 9.37 Å². The number of nitrogens with zero attached hydrogens (tertiary/aromatic N) is 1. The Morgan fingerprint density at radius 3 is 2.65 bits per heavy atom. The molecule has 106 valence electrons. The van der Waals surface area contributed by atoms with E-state index in [4.69, 9.17) is 0 Å². The van der Waals surface area contributed by atoms with E-state index >= 15 is 0 Å². The third-order valence-electron chi connectivity index (χ3n) is 2.57. The van der Waals surface area contributed by atoms with Crippen LogP contribution < -0.4 is 5.32 Å². The van der Waals surface area contributed by atoms with Crippen molar-refractivity contribution in [3.8, 4) is 0 Å². The maximum absolute atomic E-state index is 13.1. The third-order valence-corrected chi connectivity index (χ3v) is 3.34. The molecular weight excluding hydrogens is 340 g/mol. The number of aromatic nitrogens is 1. The molecule has 0 spiro atoms. The van der Waals surface area contributed by atoms with Crippen molar-refractivity contribution in [2.75, 3.05) is 5.32 Å². The first-order chi connectivity index (χ1) is 9.38. The van der Waals surface area contributed by atoms with Crippen molar-refractivity contribution in [2.45, 2.75) is 12.7 Å². The summed E-state index contributed by atoms with van der Waals surface area (Å²) in [6.07, 6.45) is -3.23. The van der Waals surface area contributed by atoms with Crippen LogP contribution in [0.25, 0.3) is 0 Å². The predicted octanol–water partition coefficient (Wildman–Crippen LogP) is 4.61. The van der Waals surface area contributed by atoms with Crippen LogP contribution >= 0.6 is 15.9 Å². The van der Waals surface area contributed by atoms with Gasteiger partial charge in [-0.1, -0.05) is 15.9 Å². The topological polar surface area (TPSA) is 24.9 Å². The smallest absolute Gasteiger partial charge is 0.365 e. The summed E-state index contributed by atoms with van der Waals surface area (Å²) in [6.45, 7) is 0.0262. The SMILES string of the molecule is Fc1ccc(Br)c(CNc2ncccc2C(F)(F)F)c1. The number of benzene rings is 1. The summed E-state index contributed by atoms with van der Waals surface area (Å²) in [4.78, 5) is 3.67. The molecule has 0 saturated heterocycles. The Morgan fingerprint density at radius 1 is 1.20 bits per heavy atom. The Hall–Kier alpha value is -1.63. The van der Waals surface area contributed by atoms with Crippen molar-refractivity contribution in [3.63, 3.8) is 0 Å². The van der Waals surface area contributed by atoms with Gasteiger partial charge in [0.25, 0.3) is 0 Å². The Bertz CT molecular complexity index is 614. The lowest BCUT2D eigenvalue weighted by Gasteiger charge is -2.13. The average Bonchev–Trinajstić information content (AvgIpc) is 2.39. The molecule has 0 fully saturated rings. The van der Waals surface area contributed by atoms with Crippen molar-refractivity contribution in [2.24, 2.45) is 0 Å². The lowest BCUT2D eigenvalue weighted by atomic mass is 10.2. The molecule has 2 rings (SSSR count). The third kappa shape index (κ3) is 3.47. The second-order valence-electron chi connectivity index (χ2n) is 3.99. The molecule has 20 heavy (non-hydrogen) atoms. The number of nitrogens with one attached hydrogen (secondary N) is 1. The molecule has 0 bridgehead atoms. The maximum Gasteiger partial charge on any atom is 0.419 e. The summed E-state index contributed by atoms with van der Waals surface area (Å²) < 4.78 is 52.0. The summed E-state index contributed by atoms with van der Waals surface area (Å²) in [5, 5.41) is 2.58. The molecule has 0 radical (unpaired) electrons. The number of pyridine rings is 1. The summed E-state index contributed by atoms with van der Waals surface area (Å²) in [7, 11) is 0. The Balaban J connectivity index is 2.21. The molecule has 7 heteroatoms. The second-order valence-corrected chi connectivity index (χ2v) is 4.84. The van der Waals surface area contributed by atoms with E-state index in [1.807, 2.05) is 0 Å². The monoisotopic (exact) mass is 348 g/mol. The lowest BCUT2D eigenvalue weighted by molar-refractivity contribution is -0.137. The van der Waals surface area contributed by atoms with Gasteiger partial charge in [0.15, 0.2) is 0 Å². The summed E-state index contributed by atoms with van der Waals surface area (Å²) in [5.41, 5.74) is -0.351. The van der Waals surface area contributed by atoms with Crippen LogP contribution in [0.15, 0.2) is 41.0 Å². The molecule has 0 aliphatic rings. The highest BCUT2D eigenvalue weighted by molar-refractivity contribution is 9.10. The molecule has 0 saturated carbocycles. The highest BCUT2D eigenvalue weighted by atomic mass is 79.9. The largest absolute Gasteiger partial charge is 0.419 e. The number of anilines is 1. The molecule has 0 amide bonds. The number of hydrogen-bond acceptors (Lipinski definition) is 2. The number of rotatable bonds is 3. The summed E-state index contributed by atoms with van der Waals surface area (Å²) in [6, 6.07) is 6.15. The van der Waals surface area contributed by atoms with Gasteiger partial charge in [0.1, 0.15) is 11.6 Å². The van der Waals surface area contributed by atoms with E-state index in [0.29, 0.717) is 10.0 Å². The maximum atomic E-state index is 13.1. The van der Waals surface area contributed by atoms with Crippen LogP contribution in [0.1, 0.15) is 11.1 Å². The number of hydrogen-bond donors (Lipinski definition) is 1. The van der Waals surface area contributed by atoms with E-state index < -0.39 is 17.6 Å². The van der Waals surface area contributed by atoms with Crippen molar-refractivity contribution in [3.05, 3.63) is 57.9 Å². The standard InChI is InChI=1S/C13H9BrF4N2/c14-11-4-3-9(15)6-8(11)7-20-12-10(13(16,17)18)2-1-5-19-12/h1-6H,7H2,(H,19,20). The van der Waals surface area contributed by atoms with Crippen molar-refractivity contribution >= 4 is 21.7 Å². The molecular formula is C13H9BrF4N2. The molecule has 0 unspecified atom stereocenters. The van der Waals surface area contributed by atoms with Gasteiger partial charge in [-0.05, 0) is 35.9 Å². The van der Waals surface area contributed by atoms with Crippen molar-refractivity contribution in [1.29, 1.82) is 0 Å². The van der Waals surface area contributed by atoms with E-state index in [0.717, 1.165) is 6.07 Å². The van der Waals surface area contributed by atoms with E-state index in [2.05, 4.69) is 26.2 Å². The highest BCUT2D eigenvalue weighted by Crippen LogP contribution is 2.33. The predicted molar refractivity (Wildman–Crippen MR) is 70.7 cm³/mol. The lowest BCUT2D eigenvalue weighted by Crippen LogP contribution is -2.12. The van der Waals surface area contributed by atoms with E-state index in [-0.39, 0.29) is 12.4 Å². The molecule has 0 aliphatic carbocycles. The quantitative estimate of drug-likeness (QED) is 0.819. The molecule has 2 aromatic rings. The van der Waals surface area contributed by atoms with E-state index in [1.54, 1.807) is 0 Å². The van der Waals surface area contributed by atoms with Crippen LogP contribution in [-0.4, -0.2) is 4.98 Å². The minimum atomic E-state index is -4.49. The van der Waals surface area contributed by atoms with Gasteiger partial charge in [0.05, 0.1) is 5.56 Å². The first-order valence-electron chi connectivity index (χ1n) is 5.58. The summed E-state index contributed by atoms with van der Waals surface area (Å²) in [5.74, 6) is -0.738. The average molecular weight is 349 g/mol. The van der Waals surface area contributed by atoms with Gasteiger partial charge in [0, 0.05) is 17.2 Å². The minimum absolute atomic E-state index is 0.0262.